The average Bonchev–Trinajstić information content (AvgIpc) is 0.955. The molecule has 10 aromatic rings. The number of rotatable bonds is 27. The lowest BCUT2D eigenvalue weighted by Gasteiger charge is -2.17. The molecule has 0 aliphatic rings. The van der Waals surface area contributed by atoms with E-state index in [0.29, 0.717) is 56.9 Å². The van der Waals surface area contributed by atoms with Crippen LogP contribution in [0.25, 0.3) is 0 Å². The zero-order valence-electron chi connectivity index (χ0n) is 59.9. The first-order valence-electron chi connectivity index (χ1n) is 33.5. The van der Waals surface area contributed by atoms with Gasteiger partial charge in [0.1, 0.15) is 111 Å². The van der Waals surface area contributed by atoms with E-state index in [0.717, 1.165) is 84.6 Å². The van der Waals surface area contributed by atoms with Gasteiger partial charge in [0.2, 0.25) is 0 Å². The van der Waals surface area contributed by atoms with Crippen molar-refractivity contribution in [3.63, 3.8) is 0 Å². The first kappa shape index (κ1) is 69.2. The third-order valence-electron chi connectivity index (χ3n) is 19.2. The van der Waals surface area contributed by atoms with Crippen molar-refractivity contribution in [1.82, 2.24) is 0 Å². The summed E-state index contributed by atoms with van der Waals surface area (Å²) in [6.07, 6.45) is 0. The van der Waals surface area contributed by atoms with Crippen LogP contribution >= 0.6 is 0 Å². The van der Waals surface area contributed by atoms with Crippen molar-refractivity contribution in [1.29, 1.82) is 0 Å². The second kappa shape index (κ2) is 30.9. The Morgan fingerprint density at radius 2 is 0.229 bits per heavy atom. The summed E-state index contributed by atoms with van der Waals surface area (Å²) < 4.78 is 59.7. The maximum atomic E-state index is 6.87. The molecule has 0 amide bonds. The van der Waals surface area contributed by atoms with E-state index in [1.165, 1.54) is 100 Å². The maximum Gasteiger partial charge on any atom is 0.120 e. The fourth-order valence-electron chi connectivity index (χ4n) is 12.0. The summed E-state index contributed by atoms with van der Waals surface area (Å²) in [4.78, 5) is 0. The number of benzene rings is 10. The zero-order valence-corrected chi connectivity index (χ0v) is 59.9. The van der Waals surface area contributed by atoms with Gasteiger partial charge in [0.15, 0.2) is 0 Å². The van der Waals surface area contributed by atoms with Crippen LogP contribution in [0.4, 0.5) is 0 Å². The minimum atomic E-state index is 0.257. The van der Waals surface area contributed by atoms with Crippen molar-refractivity contribution in [2.75, 3.05) is 0 Å². The lowest BCUT2D eigenvalue weighted by Crippen LogP contribution is -2.06. The fourth-order valence-corrected chi connectivity index (χ4v) is 12.0. The third-order valence-corrected chi connectivity index (χ3v) is 19.2. The van der Waals surface area contributed by atoms with Gasteiger partial charge in [-0.15, -0.1) is 0 Å². The Morgan fingerprint density at radius 1 is 0.135 bits per heavy atom. The summed E-state index contributed by atoms with van der Waals surface area (Å²) >= 11 is 0. The molecular formula is C87H96O9. The number of hydrogen-bond acceptors (Lipinski definition) is 9. The van der Waals surface area contributed by atoms with E-state index in [1.807, 2.05) is 0 Å². The van der Waals surface area contributed by atoms with Crippen molar-refractivity contribution in [3.05, 3.63) is 296 Å². The van der Waals surface area contributed by atoms with E-state index in [-0.39, 0.29) is 19.8 Å². The topological polar surface area (TPSA) is 83.1 Å². The summed E-state index contributed by atoms with van der Waals surface area (Å²) in [5, 5.41) is 0. The smallest absolute Gasteiger partial charge is 0.120 e. The van der Waals surface area contributed by atoms with Crippen LogP contribution in [0.15, 0.2) is 146 Å². The van der Waals surface area contributed by atoms with E-state index in [9.17, 15) is 0 Å². The molecule has 0 saturated carbocycles. The summed E-state index contributed by atoms with van der Waals surface area (Å²) in [7, 11) is 0. The van der Waals surface area contributed by atoms with Gasteiger partial charge in [-0.25, -0.2) is 0 Å². The predicted molar refractivity (Wildman–Crippen MR) is 389 cm³/mol. The van der Waals surface area contributed by atoms with Crippen molar-refractivity contribution in [3.8, 4) is 51.7 Å². The van der Waals surface area contributed by atoms with Gasteiger partial charge in [0.05, 0.1) is 0 Å². The molecule has 0 radical (unpaired) electrons. The van der Waals surface area contributed by atoms with Crippen LogP contribution in [-0.2, 0) is 59.5 Å². The molecule has 10 rings (SSSR count). The molecule has 498 valence electrons. The van der Waals surface area contributed by atoms with Gasteiger partial charge in [-0.2, -0.15) is 0 Å². The zero-order chi connectivity index (χ0) is 68.5. The summed E-state index contributed by atoms with van der Waals surface area (Å²) in [6, 6.07) is 50.5. The van der Waals surface area contributed by atoms with Gasteiger partial charge >= 0.3 is 0 Å². The van der Waals surface area contributed by atoms with Crippen molar-refractivity contribution < 1.29 is 42.6 Å². The average molecular weight is 1290 g/mol. The first-order valence-corrected chi connectivity index (χ1v) is 33.5. The van der Waals surface area contributed by atoms with E-state index in [1.54, 1.807) is 0 Å². The lowest BCUT2D eigenvalue weighted by molar-refractivity contribution is 0.282. The molecule has 0 atom stereocenters. The van der Waals surface area contributed by atoms with Gasteiger partial charge in [0, 0.05) is 0 Å². The SMILES string of the molecule is Cc1cc(OCc2cc(COc3cc(C)c(C)c(C)c3)cc(OCc3cc(COc4cc(COc5cc(C)c(C)c(C)c5)cc(COc5cc(C)c(C)c(C)c5)c4)cc(COc4cc(COc5cc(C)c(C)c(C)c5)cc(COc5cc(C)c(C)c(C)c5)c4)c3)c2)cc(C)c1C. The molecule has 0 aromatic heterocycles. The Bertz CT molecular complexity index is 3630. The Balaban J connectivity index is 0.967. The number of ether oxygens (including phenoxy) is 9. The highest BCUT2D eigenvalue weighted by atomic mass is 16.5. The van der Waals surface area contributed by atoms with E-state index in [4.69, 9.17) is 42.6 Å². The van der Waals surface area contributed by atoms with Crippen molar-refractivity contribution >= 4 is 0 Å². The Morgan fingerprint density at radius 3 is 0.344 bits per heavy atom. The summed E-state index contributed by atoms with van der Waals surface area (Å²) in [6.45, 7) is 41.2. The van der Waals surface area contributed by atoms with E-state index >= 15 is 0 Å². The van der Waals surface area contributed by atoms with Gasteiger partial charge in [0.25, 0.3) is 0 Å². The van der Waals surface area contributed by atoms with Crippen LogP contribution in [-0.4, -0.2) is 0 Å². The Labute approximate surface area is 571 Å². The molecule has 9 heteroatoms. The molecule has 9 nitrogen and oxygen atoms in total. The lowest BCUT2D eigenvalue weighted by atomic mass is 10.0. The standard InChI is InChI=1S/C87H96O9/c1-52-19-79(20-53(2)64(52)13)88-46-73-34-74(47-89-80-21-54(3)65(14)55(4)22-80)38-85(37-73)94-43-70-31-71(44-95-86-39-75(48-90-81-23-56(5)66(15)57(6)24-81)35-76(40-86)49-91-82-25-58(7)67(16)59(8)26-82)33-72(32-70)45-96-87-41-77(50-92-83-27-60(9)68(17)61(10)28-83)36-78(42-87)51-93-84-29-62(11)69(18)63(12)30-84/h19-42H,43-51H2,1-18H3. The van der Waals surface area contributed by atoms with Gasteiger partial charge < -0.3 is 42.6 Å². The molecule has 0 aliphatic carbocycles. The van der Waals surface area contributed by atoms with Crippen LogP contribution < -0.4 is 42.6 Å². The second-order valence-electron chi connectivity index (χ2n) is 26.8. The second-order valence-corrected chi connectivity index (χ2v) is 26.8. The largest absolute Gasteiger partial charge is 0.489 e. The Hall–Kier alpha value is -9.60. The quantitative estimate of drug-likeness (QED) is 0.0500. The molecule has 0 saturated heterocycles. The highest BCUT2D eigenvalue weighted by Crippen LogP contribution is 2.32. The predicted octanol–water partition coefficient (Wildman–Crippen LogP) is 21.4. The molecule has 0 fully saturated rings. The highest BCUT2D eigenvalue weighted by Gasteiger charge is 2.16. The molecule has 0 N–H and O–H groups in total. The first-order chi connectivity index (χ1) is 45.8. The van der Waals surface area contributed by atoms with Crippen molar-refractivity contribution in [2.45, 2.75) is 184 Å². The number of aryl methyl sites for hydroxylation is 12. The third kappa shape index (κ3) is 18.2. The Kier molecular flexibility index (Phi) is 22.3. The molecule has 0 spiro atoms. The molecule has 0 unspecified atom stereocenters. The van der Waals surface area contributed by atoms with E-state index in [2.05, 4.69) is 270 Å². The van der Waals surface area contributed by atoms with Crippen LogP contribution in [0.3, 0.4) is 0 Å². The van der Waals surface area contributed by atoms with Crippen molar-refractivity contribution in [2.24, 2.45) is 0 Å². The van der Waals surface area contributed by atoms with Crippen LogP contribution in [0.5, 0.6) is 51.7 Å². The fraction of sp³-hybridized carbons (Fsp3) is 0.310. The normalized spacial score (nSPS) is 11.2. The highest BCUT2D eigenvalue weighted by molar-refractivity contribution is 5.47. The minimum Gasteiger partial charge on any atom is -0.489 e. The molecule has 96 heavy (non-hydrogen) atoms. The summed E-state index contributed by atoms with van der Waals surface area (Å²) in [5.74, 6) is 7.05. The number of hydrogen-bond donors (Lipinski definition) is 0. The molecular weight excluding hydrogens is 1190 g/mol. The molecule has 10 aromatic carbocycles. The maximum absolute atomic E-state index is 6.87. The van der Waals surface area contributed by atoms with Gasteiger partial charge in [-0.3, -0.25) is 0 Å². The monoisotopic (exact) mass is 1280 g/mol. The molecule has 0 heterocycles. The molecule has 0 aliphatic heterocycles. The summed E-state index contributed by atoms with van der Waals surface area (Å²) in [5.41, 5.74) is 30.5. The van der Waals surface area contributed by atoms with Crippen LogP contribution in [0, 0.1) is 125 Å². The van der Waals surface area contributed by atoms with Gasteiger partial charge in [-0.1, -0.05) is 0 Å². The molecule has 0 bridgehead atoms. The van der Waals surface area contributed by atoms with Gasteiger partial charge in [-0.05, 0) is 420 Å². The van der Waals surface area contributed by atoms with E-state index < -0.39 is 0 Å². The minimum absolute atomic E-state index is 0.257. The van der Waals surface area contributed by atoms with Crippen LogP contribution in [0.2, 0.25) is 0 Å². The van der Waals surface area contributed by atoms with Crippen LogP contribution in [0.1, 0.15) is 150 Å².